The van der Waals surface area contributed by atoms with Gasteiger partial charge < -0.3 is 10.2 Å². The van der Waals surface area contributed by atoms with Crippen LogP contribution in [0.5, 0.6) is 0 Å². The van der Waals surface area contributed by atoms with Crippen LogP contribution in [-0.2, 0) is 4.84 Å². The molecule has 0 saturated carbocycles. The van der Waals surface area contributed by atoms with E-state index in [1.165, 1.54) is 5.56 Å². The maximum absolute atomic E-state index is 4.90. The molecule has 3 N–H and O–H groups in total. The second kappa shape index (κ2) is 5.21. The summed E-state index contributed by atoms with van der Waals surface area (Å²) >= 11 is 3.44. The average molecular weight is 245 g/mol. The van der Waals surface area contributed by atoms with E-state index in [0.29, 0.717) is 6.61 Å². The minimum Gasteiger partial charge on any atom is -0.383 e. The summed E-state index contributed by atoms with van der Waals surface area (Å²) in [6.07, 6.45) is 0. The highest BCUT2D eigenvalue weighted by molar-refractivity contribution is 9.10. The normalized spacial score (nSPS) is 10.1. The van der Waals surface area contributed by atoms with E-state index in [4.69, 9.17) is 5.90 Å². The molecule has 0 bridgehead atoms. The zero-order valence-corrected chi connectivity index (χ0v) is 9.10. The number of hydrogen-bond donors (Lipinski definition) is 2. The van der Waals surface area contributed by atoms with Gasteiger partial charge in [-0.15, -0.1) is 0 Å². The monoisotopic (exact) mass is 244 g/mol. The molecule has 0 amide bonds. The number of nitrogens with two attached hydrogens (primary N) is 1. The lowest BCUT2D eigenvalue weighted by Crippen LogP contribution is -2.12. The van der Waals surface area contributed by atoms with Gasteiger partial charge in [-0.3, -0.25) is 0 Å². The van der Waals surface area contributed by atoms with Crippen LogP contribution in [0, 0.1) is 6.92 Å². The van der Waals surface area contributed by atoms with Crippen LogP contribution in [0.1, 0.15) is 5.56 Å². The van der Waals surface area contributed by atoms with Gasteiger partial charge in [0.25, 0.3) is 0 Å². The Labute approximate surface area is 86.4 Å². The van der Waals surface area contributed by atoms with Crippen molar-refractivity contribution in [3.63, 3.8) is 0 Å². The largest absolute Gasteiger partial charge is 0.383 e. The number of benzene rings is 1. The summed E-state index contributed by atoms with van der Waals surface area (Å²) in [6, 6.07) is 6.09. The quantitative estimate of drug-likeness (QED) is 0.630. The first-order valence-corrected chi connectivity index (χ1v) is 4.85. The Morgan fingerprint density at radius 3 is 2.92 bits per heavy atom. The molecule has 4 heteroatoms. The van der Waals surface area contributed by atoms with Crippen molar-refractivity contribution in [2.45, 2.75) is 6.92 Å². The molecule has 0 spiro atoms. The van der Waals surface area contributed by atoms with Crippen molar-refractivity contribution >= 4 is 21.6 Å². The summed E-state index contributed by atoms with van der Waals surface area (Å²) in [7, 11) is 0. The van der Waals surface area contributed by atoms with E-state index in [1.54, 1.807) is 0 Å². The number of nitrogens with one attached hydrogen (secondary N) is 1. The average Bonchev–Trinajstić information content (AvgIpc) is 2.12. The van der Waals surface area contributed by atoms with Crippen LogP contribution in [0.3, 0.4) is 0 Å². The molecular weight excluding hydrogens is 232 g/mol. The predicted molar refractivity (Wildman–Crippen MR) is 57.5 cm³/mol. The number of anilines is 1. The SMILES string of the molecule is Cc1cc(NCCON)ccc1Br. The van der Waals surface area contributed by atoms with Gasteiger partial charge in [-0.25, -0.2) is 5.90 Å². The predicted octanol–water partition coefficient (Wildman–Crippen LogP) is 2.06. The standard InChI is InChI=1S/C9H13BrN2O/c1-7-6-8(2-3-9(7)10)12-4-5-13-11/h2-3,6,12H,4-5,11H2,1H3. The van der Waals surface area contributed by atoms with Crippen molar-refractivity contribution < 1.29 is 4.84 Å². The fourth-order valence-corrected chi connectivity index (χ4v) is 1.26. The summed E-state index contributed by atoms with van der Waals surface area (Å²) in [4.78, 5) is 4.45. The molecule has 1 aromatic carbocycles. The third-order valence-corrected chi connectivity index (χ3v) is 2.60. The third-order valence-electron chi connectivity index (χ3n) is 1.71. The van der Waals surface area contributed by atoms with Gasteiger partial charge in [-0.05, 0) is 30.7 Å². The molecule has 0 fully saturated rings. The van der Waals surface area contributed by atoms with Gasteiger partial charge in [0.2, 0.25) is 0 Å². The van der Waals surface area contributed by atoms with Crippen LogP contribution < -0.4 is 11.2 Å². The van der Waals surface area contributed by atoms with Crippen LogP contribution in [0.4, 0.5) is 5.69 Å². The Balaban J connectivity index is 2.53. The van der Waals surface area contributed by atoms with E-state index in [2.05, 4.69) is 39.1 Å². The summed E-state index contributed by atoms with van der Waals surface area (Å²) in [5.74, 6) is 4.90. The molecule has 1 rings (SSSR count). The fraction of sp³-hybridized carbons (Fsp3) is 0.333. The molecule has 0 saturated heterocycles. The molecule has 0 aliphatic carbocycles. The molecule has 0 aliphatic rings. The molecular formula is C9H13BrN2O. The third kappa shape index (κ3) is 3.34. The van der Waals surface area contributed by atoms with Crippen LogP contribution in [0.25, 0.3) is 0 Å². The molecule has 0 atom stereocenters. The van der Waals surface area contributed by atoms with Crippen molar-refractivity contribution in [2.75, 3.05) is 18.5 Å². The fourth-order valence-electron chi connectivity index (χ4n) is 1.01. The lowest BCUT2D eigenvalue weighted by Gasteiger charge is -2.06. The number of aryl methyl sites for hydroxylation is 1. The Bertz CT molecular complexity index is 278. The van der Waals surface area contributed by atoms with Gasteiger partial charge in [-0.2, -0.15) is 0 Å². The van der Waals surface area contributed by atoms with E-state index in [9.17, 15) is 0 Å². The molecule has 3 nitrogen and oxygen atoms in total. The van der Waals surface area contributed by atoms with E-state index in [-0.39, 0.29) is 0 Å². The molecule has 0 unspecified atom stereocenters. The second-order valence-electron chi connectivity index (χ2n) is 2.76. The molecule has 13 heavy (non-hydrogen) atoms. The van der Waals surface area contributed by atoms with E-state index in [0.717, 1.165) is 16.7 Å². The summed E-state index contributed by atoms with van der Waals surface area (Å²) in [5, 5.41) is 3.19. The topological polar surface area (TPSA) is 47.3 Å². The van der Waals surface area contributed by atoms with E-state index in [1.807, 2.05) is 12.1 Å². The molecule has 0 aliphatic heterocycles. The lowest BCUT2D eigenvalue weighted by atomic mass is 10.2. The molecule has 0 heterocycles. The maximum atomic E-state index is 4.90. The first kappa shape index (κ1) is 10.5. The van der Waals surface area contributed by atoms with Crippen molar-refractivity contribution in [1.82, 2.24) is 0 Å². The van der Waals surface area contributed by atoms with Crippen molar-refractivity contribution in [3.8, 4) is 0 Å². The second-order valence-corrected chi connectivity index (χ2v) is 3.62. The zero-order valence-electron chi connectivity index (χ0n) is 7.51. The number of hydrogen-bond acceptors (Lipinski definition) is 3. The van der Waals surface area contributed by atoms with Crippen LogP contribution in [0.15, 0.2) is 22.7 Å². The first-order valence-electron chi connectivity index (χ1n) is 4.05. The van der Waals surface area contributed by atoms with Gasteiger partial charge in [0.1, 0.15) is 0 Å². The molecule has 72 valence electrons. The van der Waals surface area contributed by atoms with Crippen LogP contribution in [0.2, 0.25) is 0 Å². The summed E-state index contributed by atoms with van der Waals surface area (Å²) in [5.41, 5.74) is 2.29. The number of halogens is 1. The van der Waals surface area contributed by atoms with Crippen LogP contribution >= 0.6 is 15.9 Å². The Morgan fingerprint density at radius 1 is 1.54 bits per heavy atom. The maximum Gasteiger partial charge on any atom is 0.0851 e. The highest BCUT2D eigenvalue weighted by Crippen LogP contribution is 2.19. The van der Waals surface area contributed by atoms with Gasteiger partial charge >= 0.3 is 0 Å². The zero-order chi connectivity index (χ0) is 9.68. The molecule has 0 aromatic heterocycles. The van der Waals surface area contributed by atoms with E-state index >= 15 is 0 Å². The van der Waals surface area contributed by atoms with Gasteiger partial charge in [0, 0.05) is 16.7 Å². The highest BCUT2D eigenvalue weighted by atomic mass is 79.9. The van der Waals surface area contributed by atoms with Crippen molar-refractivity contribution in [2.24, 2.45) is 5.90 Å². The van der Waals surface area contributed by atoms with Crippen molar-refractivity contribution in [3.05, 3.63) is 28.2 Å². The Morgan fingerprint density at radius 2 is 2.31 bits per heavy atom. The minimum absolute atomic E-state index is 0.509. The highest BCUT2D eigenvalue weighted by Gasteiger charge is 1.95. The van der Waals surface area contributed by atoms with Crippen molar-refractivity contribution in [1.29, 1.82) is 0 Å². The first-order chi connectivity index (χ1) is 6.24. The van der Waals surface area contributed by atoms with Crippen LogP contribution in [-0.4, -0.2) is 13.2 Å². The molecule has 0 radical (unpaired) electrons. The van der Waals surface area contributed by atoms with Gasteiger partial charge in [-0.1, -0.05) is 15.9 Å². The van der Waals surface area contributed by atoms with Gasteiger partial charge in [0.15, 0.2) is 0 Å². The summed E-state index contributed by atoms with van der Waals surface area (Å²) < 4.78 is 1.12. The van der Waals surface area contributed by atoms with Gasteiger partial charge in [0.05, 0.1) is 6.61 Å². The number of rotatable bonds is 4. The Hall–Kier alpha value is -0.580. The molecule has 1 aromatic rings. The minimum atomic E-state index is 0.509. The Kier molecular flexibility index (Phi) is 4.21. The summed E-state index contributed by atoms with van der Waals surface area (Å²) in [6.45, 7) is 3.28. The van der Waals surface area contributed by atoms with E-state index < -0.39 is 0 Å². The smallest absolute Gasteiger partial charge is 0.0851 e. The lowest BCUT2D eigenvalue weighted by molar-refractivity contribution is 0.148.